The first kappa shape index (κ1) is 24.8. The molecule has 1 aliphatic rings. The van der Waals surface area contributed by atoms with Crippen LogP contribution in [0.25, 0.3) is 0 Å². The highest BCUT2D eigenvalue weighted by Gasteiger charge is 2.38. The van der Waals surface area contributed by atoms with Gasteiger partial charge in [-0.15, -0.1) is 0 Å². The van der Waals surface area contributed by atoms with E-state index in [2.05, 4.69) is 10.6 Å². The molecule has 1 rings (SSSR count). The average molecular weight is 429 g/mol. The summed E-state index contributed by atoms with van der Waals surface area (Å²) in [5.41, 5.74) is 10.3. The first-order valence-corrected chi connectivity index (χ1v) is 9.40. The van der Waals surface area contributed by atoms with Gasteiger partial charge in [0.1, 0.15) is 18.1 Å². The van der Waals surface area contributed by atoms with E-state index in [1.54, 1.807) is 0 Å². The number of aliphatic carboxylic acids is 2. The van der Waals surface area contributed by atoms with Crippen molar-refractivity contribution in [3.63, 3.8) is 0 Å². The molecule has 8 N–H and O–H groups in total. The Morgan fingerprint density at radius 1 is 1.00 bits per heavy atom. The molecule has 3 unspecified atom stereocenters. The topological polar surface area (TPSA) is 222 Å². The monoisotopic (exact) mass is 429 g/mol. The third-order valence-electron chi connectivity index (χ3n) is 4.60. The highest BCUT2D eigenvalue weighted by atomic mass is 16.4. The summed E-state index contributed by atoms with van der Waals surface area (Å²) in [5, 5.41) is 22.9. The SMILES string of the molecule is NCC(=O)NC(CCC(N)=O)C(=O)NC(CCC(=O)O)C(=O)N1CCCC1C(=O)O. The second-order valence-electron chi connectivity index (χ2n) is 6.85. The summed E-state index contributed by atoms with van der Waals surface area (Å²) in [7, 11) is 0. The van der Waals surface area contributed by atoms with Crippen molar-refractivity contribution < 1.29 is 39.0 Å². The summed E-state index contributed by atoms with van der Waals surface area (Å²) in [4.78, 5) is 71.5. The van der Waals surface area contributed by atoms with Gasteiger partial charge in [-0.05, 0) is 25.7 Å². The lowest BCUT2D eigenvalue weighted by Gasteiger charge is -2.28. The predicted molar refractivity (Wildman–Crippen MR) is 101 cm³/mol. The molecular formula is C17H27N5O8. The van der Waals surface area contributed by atoms with Gasteiger partial charge in [0.25, 0.3) is 0 Å². The summed E-state index contributed by atoms with van der Waals surface area (Å²) in [5.74, 6) is -5.37. The second-order valence-corrected chi connectivity index (χ2v) is 6.85. The highest BCUT2D eigenvalue weighted by Crippen LogP contribution is 2.19. The van der Waals surface area contributed by atoms with Gasteiger partial charge in [-0.2, -0.15) is 0 Å². The number of carbonyl (C=O) groups is 6. The summed E-state index contributed by atoms with van der Waals surface area (Å²) in [6, 6.07) is -3.62. The maximum Gasteiger partial charge on any atom is 0.326 e. The van der Waals surface area contributed by atoms with Crippen LogP contribution in [0.5, 0.6) is 0 Å². The third-order valence-corrected chi connectivity index (χ3v) is 4.60. The Kier molecular flexibility index (Phi) is 9.68. The number of hydrogen-bond donors (Lipinski definition) is 6. The van der Waals surface area contributed by atoms with Gasteiger partial charge in [-0.1, -0.05) is 0 Å². The van der Waals surface area contributed by atoms with Gasteiger partial charge < -0.3 is 37.2 Å². The lowest BCUT2D eigenvalue weighted by atomic mass is 10.1. The maximum atomic E-state index is 12.8. The van der Waals surface area contributed by atoms with Crippen molar-refractivity contribution in [3.8, 4) is 0 Å². The molecule has 1 fully saturated rings. The number of nitrogens with two attached hydrogens (primary N) is 2. The lowest BCUT2D eigenvalue weighted by Crippen LogP contribution is -2.56. The smallest absolute Gasteiger partial charge is 0.326 e. The van der Waals surface area contributed by atoms with Gasteiger partial charge >= 0.3 is 11.9 Å². The molecule has 0 saturated carbocycles. The van der Waals surface area contributed by atoms with Gasteiger partial charge in [0.2, 0.25) is 23.6 Å². The third kappa shape index (κ3) is 7.66. The summed E-state index contributed by atoms with van der Waals surface area (Å²) in [6.07, 6.45) is -0.428. The second kappa shape index (κ2) is 11.7. The van der Waals surface area contributed by atoms with Crippen molar-refractivity contribution in [2.75, 3.05) is 13.1 Å². The number of carboxylic acid groups (broad SMARTS) is 2. The molecule has 0 spiro atoms. The first-order chi connectivity index (χ1) is 14.1. The van der Waals surface area contributed by atoms with Crippen LogP contribution in [-0.4, -0.2) is 81.9 Å². The molecule has 0 radical (unpaired) electrons. The van der Waals surface area contributed by atoms with Gasteiger partial charge in [0, 0.05) is 19.4 Å². The Bertz CT molecular complexity index is 698. The number of carboxylic acids is 2. The van der Waals surface area contributed by atoms with Gasteiger partial charge in [0.15, 0.2) is 0 Å². The number of nitrogens with one attached hydrogen (secondary N) is 2. The van der Waals surface area contributed by atoms with Crippen LogP contribution >= 0.6 is 0 Å². The highest BCUT2D eigenvalue weighted by molar-refractivity contribution is 5.94. The zero-order valence-corrected chi connectivity index (χ0v) is 16.3. The largest absolute Gasteiger partial charge is 0.481 e. The summed E-state index contributed by atoms with van der Waals surface area (Å²) < 4.78 is 0. The summed E-state index contributed by atoms with van der Waals surface area (Å²) in [6.45, 7) is -0.264. The fraction of sp³-hybridized carbons (Fsp3) is 0.647. The van der Waals surface area contributed by atoms with E-state index >= 15 is 0 Å². The van der Waals surface area contributed by atoms with E-state index in [-0.39, 0.29) is 32.2 Å². The van der Waals surface area contributed by atoms with Crippen molar-refractivity contribution in [2.45, 2.75) is 56.7 Å². The Labute approximate surface area is 172 Å². The van der Waals surface area contributed by atoms with Crippen molar-refractivity contribution >= 4 is 35.6 Å². The normalized spacial score (nSPS) is 17.6. The average Bonchev–Trinajstić information content (AvgIpc) is 3.17. The van der Waals surface area contributed by atoms with Crippen LogP contribution in [0.2, 0.25) is 0 Å². The molecule has 4 amide bonds. The van der Waals surface area contributed by atoms with Crippen molar-refractivity contribution in [2.24, 2.45) is 11.5 Å². The van der Waals surface area contributed by atoms with Crippen LogP contribution < -0.4 is 22.1 Å². The fourth-order valence-corrected chi connectivity index (χ4v) is 3.09. The Morgan fingerprint density at radius 3 is 2.17 bits per heavy atom. The van der Waals surface area contributed by atoms with Crippen molar-refractivity contribution in [1.29, 1.82) is 0 Å². The summed E-state index contributed by atoms with van der Waals surface area (Å²) >= 11 is 0. The molecule has 13 nitrogen and oxygen atoms in total. The lowest BCUT2D eigenvalue weighted by molar-refractivity contribution is -0.150. The number of nitrogens with zero attached hydrogens (tertiary/aromatic N) is 1. The Hall–Kier alpha value is -3.22. The minimum atomic E-state index is -1.32. The quantitative estimate of drug-likeness (QED) is 0.187. The number of primary amides is 1. The number of rotatable bonds is 12. The zero-order chi connectivity index (χ0) is 22.8. The van der Waals surface area contributed by atoms with E-state index in [0.29, 0.717) is 6.42 Å². The van der Waals surface area contributed by atoms with E-state index in [0.717, 1.165) is 4.90 Å². The molecule has 30 heavy (non-hydrogen) atoms. The minimum absolute atomic E-state index is 0.157. The number of carbonyl (C=O) groups excluding carboxylic acids is 4. The number of hydrogen-bond acceptors (Lipinski definition) is 7. The predicted octanol–water partition coefficient (Wildman–Crippen LogP) is -2.88. The molecule has 0 aromatic heterocycles. The maximum absolute atomic E-state index is 12.8. The minimum Gasteiger partial charge on any atom is -0.481 e. The Morgan fingerprint density at radius 2 is 1.63 bits per heavy atom. The van der Waals surface area contributed by atoms with E-state index in [9.17, 15) is 33.9 Å². The standard InChI is InChI=1S/C17H27N5O8/c18-8-13(24)20-9(3-5-12(19)23)15(27)21-10(4-6-14(25)26)16(28)22-7-1-2-11(22)17(29)30/h9-11H,1-8,18H2,(H2,19,23)(H,20,24)(H,21,27)(H,25,26)(H,29,30). The molecule has 168 valence electrons. The molecule has 0 aromatic rings. The molecule has 1 heterocycles. The number of likely N-dealkylation sites (tertiary alicyclic amines) is 1. The molecule has 0 bridgehead atoms. The van der Waals surface area contributed by atoms with Gasteiger partial charge in [-0.3, -0.25) is 24.0 Å². The van der Waals surface area contributed by atoms with Crippen LogP contribution in [0.1, 0.15) is 38.5 Å². The van der Waals surface area contributed by atoms with Crippen molar-refractivity contribution in [1.82, 2.24) is 15.5 Å². The van der Waals surface area contributed by atoms with Crippen LogP contribution in [-0.2, 0) is 28.8 Å². The molecule has 13 heteroatoms. The molecule has 1 aliphatic heterocycles. The van der Waals surface area contributed by atoms with Crippen LogP contribution in [0.3, 0.4) is 0 Å². The molecule has 0 aliphatic carbocycles. The van der Waals surface area contributed by atoms with Gasteiger partial charge in [0.05, 0.1) is 6.54 Å². The molecule has 1 saturated heterocycles. The van der Waals surface area contributed by atoms with Crippen molar-refractivity contribution in [3.05, 3.63) is 0 Å². The zero-order valence-electron chi connectivity index (χ0n) is 16.3. The van der Waals surface area contributed by atoms with Gasteiger partial charge in [-0.25, -0.2) is 4.79 Å². The fourth-order valence-electron chi connectivity index (χ4n) is 3.09. The van der Waals surface area contributed by atoms with E-state index in [4.69, 9.17) is 16.6 Å². The van der Waals surface area contributed by atoms with Crippen LogP contribution in [0.4, 0.5) is 0 Å². The van der Waals surface area contributed by atoms with E-state index < -0.39 is 66.7 Å². The van der Waals surface area contributed by atoms with Crippen LogP contribution in [0, 0.1) is 0 Å². The molecular weight excluding hydrogens is 402 g/mol. The van der Waals surface area contributed by atoms with Crippen LogP contribution in [0.15, 0.2) is 0 Å². The number of amides is 4. The first-order valence-electron chi connectivity index (χ1n) is 9.40. The molecule has 0 aromatic carbocycles. The molecule has 3 atom stereocenters. The Balaban J connectivity index is 2.98. The van der Waals surface area contributed by atoms with E-state index in [1.165, 1.54) is 0 Å². The van der Waals surface area contributed by atoms with E-state index in [1.807, 2.05) is 0 Å².